The van der Waals surface area contributed by atoms with Gasteiger partial charge in [0.25, 0.3) is 0 Å². The molecule has 0 fully saturated rings. The molecule has 0 aliphatic carbocycles. The Labute approximate surface area is 119 Å². The van der Waals surface area contributed by atoms with Crippen LogP contribution >= 0.6 is 11.3 Å². The van der Waals surface area contributed by atoms with Gasteiger partial charge in [0.15, 0.2) is 0 Å². The van der Waals surface area contributed by atoms with Crippen molar-refractivity contribution in [3.63, 3.8) is 0 Å². The van der Waals surface area contributed by atoms with Crippen LogP contribution in [0, 0.1) is 13.8 Å². The third kappa shape index (κ3) is 4.69. The molecule has 0 spiro atoms. The lowest BCUT2D eigenvalue weighted by Gasteiger charge is -2.14. The summed E-state index contributed by atoms with van der Waals surface area (Å²) >= 11 is 1.84. The standard InChI is InChI=1S/C16H21NOS/c1-12-4-7-15(8-5-12)18-11-13(2)17-10-16-9-6-14(3)19-16/h4-9,13,17H,10-11H2,1-3H3. The minimum Gasteiger partial charge on any atom is -0.492 e. The van der Waals surface area contributed by atoms with E-state index in [1.165, 1.54) is 15.3 Å². The molecule has 0 amide bonds. The highest BCUT2D eigenvalue weighted by Gasteiger charge is 2.04. The lowest BCUT2D eigenvalue weighted by molar-refractivity contribution is 0.273. The summed E-state index contributed by atoms with van der Waals surface area (Å²) in [7, 11) is 0. The average molecular weight is 275 g/mol. The molecule has 1 atom stereocenters. The number of ether oxygens (including phenoxy) is 1. The largest absolute Gasteiger partial charge is 0.492 e. The monoisotopic (exact) mass is 275 g/mol. The van der Waals surface area contributed by atoms with E-state index in [1.807, 2.05) is 23.5 Å². The van der Waals surface area contributed by atoms with Gasteiger partial charge in [-0.1, -0.05) is 17.7 Å². The summed E-state index contributed by atoms with van der Waals surface area (Å²) in [6, 6.07) is 12.9. The molecule has 2 nitrogen and oxygen atoms in total. The topological polar surface area (TPSA) is 21.3 Å². The summed E-state index contributed by atoms with van der Waals surface area (Å²) in [6.07, 6.45) is 0. The molecule has 0 aliphatic heterocycles. The quantitative estimate of drug-likeness (QED) is 0.862. The Morgan fingerprint density at radius 3 is 2.47 bits per heavy atom. The molecule has 2 rings (SSSR count). The molecule has 0 bridgehead atoms. The predicted octanol–water partition coefficient (Wildman–Crippen LogP) is 3.92. The van der Waals surface area contributed by atoms with Crippen LogP contribution in [-0.2, 0) is 6.54 Å². The average Bonchev–Trinajstić information content (AvgIpc) is 2.81. The Bertz CT molecular complexity index is 504. The normalized spacial score (nSPS) is 12.4. The van der Waals surface area contributed by atoms with E-state index in [0.717, 1.165) is 12.3 Å². The Balaban J connectivity index is 1.72. The maximum Gasteiger partial charge on any atom is 0.119 e. The first-order valence-corrected chi connectivity index (χ1v) is 7.43. The van der Waals surface area contributed by atoms with Crippen molar-refractivity contribution < 1.29 is 4.74 Å². The van der Waals surface area contributed by atoms with Crippen LogP contribution < -0.4 is 10.1 Å². The fraction of sp³-hybridized carbons (Fsp3) is 0.375. The molecule has 102 valence electrons. The third-order valence-electron chi connectivity index (χ3n) is 2.94. The van der Waals surface area contributed by atoms with Crippen LogP contribution in [0.25, 0.3) is 0 Å². The molecule has 1 aromatic carbocycles. The summed E-state index contributed by atoms with van der Waals surface area (Å²) in [4.78, 5) is 2.74. The SMILES string of the molecule is Cc1ccc(OCC(C)NCc2ccc(C)s2)cc1. The molecule has 2 aromatic rings. The Hall–Kier alpha value is -1.32. The Kier molecular flexibility index (Phi) is 5.00. The van der Waals surface area contributed by atoms with Crippen molar-refractivity contribution in [2.45, 2.75) is 33.4 Å². The zero-order valence-electron chi connectivity index (χ0n) is 11.8. The molecule has 19 heavy (non-hydrogen) atoms. The van der Waals surface area contributed by atoms with Crippen LogP contribution in [0.1, 0.15) is 22.2 Å². The van der Waals surface area contributed by atoms with E-state index in [-0.39, 0.29) is 0 Å². The molecule has 0 saturated heterocycles. The summed E-state index contributed by atoms with van der Waals surface area (Å²) in [5.74, 6) is 0.936. The highest BCUT2D eigenvalue weighted by molar-refractivity contribution is 7.11. The van der Waals surface area contributed by atoms with Crippen LogP contribution in [0.5, 0.6) is 5.75 Å². The van der Waals surface area contributed by atoms with Gasteiger partial charge in [-0.25, -0.2) is 0 Å². The van der Waals surface area contributed by atoms with Gasteiger partial charge in [-0.3, -0.25) is 0 Å². The van der Waals surface area contributed by atoms with E-state index in [9.17, 15) is 0 Å². The summed E-state index contributed by atoms with van der Waals surface area (Å²) in [6.45, 7) is 7.97. The van der Waals surface area contributed by atoms with E-state index in [0.29, 0.717) is 12.6 Å². The summed E-state index contributed by atoms with van der Waals surface area (Å²) in [5, 5.41) is 3.48. The second kappa shape index (κ2) is 6.73. The fourth-order valence-corrected chi connectivity index (χ4v) is 2.61. The number of nitrogens with one attached hydrogen (secondary N) is 1. The van der Waals surface area contributed by atoms with Crippen molar-refractivity contribution in [3.8, 4) is 5.75 Å². The van der Waals surface area contributed by atoms with Gasteiger partial charge < -0.3 is 10.1 Å². The molecule has 1 unspecified atom stereocenters. The van der Waals surface area contributed by atoms with Gasteiger partial charge in [-0.2, -0.15) is 0 Å². The number of rotatable bonds is 6. The summed E-state index contributed by atoms with van der Waals surface area (Å²) in [5.41, 5.74) is 1.26. The first-order chi connectivity index (χ1) is 9.13. The number of aryl methyl sites for hydroxylation is 2. The second-order valence-corrected chi connectivity index (χ2v) is 6.29. The molecule has 0 saturated carbocycles. The van der Waals surface area contributed by atoms with E-state index in [1.54, 1.807) is 0 Å². The molecule has 1 N–H and O–H groups in total. The fourth-order valence-electron chi connectivity index (χ4n) is 1.77. The highest BCUT2D eigenvalue weighted by atomic mass is 32.1. The first-order valence-electron chi connectivity index (χ1n) is 6.61. The summed E-state index contributed by atoms with van der Waals surface area (Å²) < 4.78 is 5.76. The van der Waals surface area contributed by atoms with Gasteiger partial charge in [-0.05, 0) is 45.0 Å². The van der Waals surface area contributed by atoms with E-state index in [4.69, 9.17) is 4.74 Å². The Morgan fingerprint density at radius 1 is 1.11 bits per heavy atom. The lowest BCUT2D eigenvalue weighted by Crippen LogP contribution is -2.31. The van der Waals surface area contributed by atoms with E-state index >= 15 is 0 Å². The minimum absolute atomic E-state index is 0.337. The van der Waals surface area contributed by atoms with Gasteiger partial charge in [-0.15, -0.1) is 11.3 Å². The van der Waals surface area contributed by atoms with Gasteiger partial charge >= 0.3 is 0 Å². The maximum absolute atomic E-state index is 5.76. The predicted molar refractivity (Wildman–Crippen MR) is 82.0 cm³/mol. The molecular weight excluding hydrogens is 254 g/mol. The molecule has 1 aromatic heterocycles. The molecular formula is C16H21NOS. The van der Waals surface area contributed by atoms with Gasteiger partial charge in [0.1, 0.15) is 12.4 Å². The smallest absolute Gasteiger partial charge is 0.119 e. The number of hydrogen-bond acceptors (Lipinski definition) is 3. The molecule has 1 heterocycles. The van der Waals surface area contributed by atoms with E-state index < -0.39 is 0 Å². The van der Waals surface area contributed by atoms with Crippen molar-refractivity contribution >= 4 is 11.3 Å². The highest BCUT2D eigenvalue weighted by Crippen LogP contribution is 2.15. The second-order valence-electron chi connectivity index (χ2n) is 4.92. The zero-order valence-corrected chi connectivity index (χ0v) is 12.6. The van der Waals surface area contributed by atoms with Crippen molar-refractivity contribution in [1.82, 2.24) is 5.32 Å². The zero-order chi connectivity index (χ0) is 13.7. The number of thiophene rings is 1. The number of benzene rings is 1. The number of hydrogen-bond donors (Lipinski definition) is 1. The van der Waals surface area contributed by atoms with Gasteiger partial charge in [0.05, 0.1) is 0 Å². The lowest BCUT2D eigenvalue weighted by atomic mass is 10.2. The van der Waals surface area contributed by atoms with Crippen LogP contribution in [0.3, 0.4) is 0 Å². The maximum atomic E-state index is 5.76. The molecule has 0 aliphatic rings. The van der Waals surface area contributed by atoms with Crippen LogP contribution in [0.2, 0.25) is 0 Å². The van der Waals surface area contributed by atoms with E-state index in [2.05, 4.69) is 50.4 Å². The molecule has 3 heteroatoms. The van der Waals surface area contributed by atoms with Crippen LogP contribution in [-0.4, -0.2) is 12.6 Å². The minimum atomic E-state index is 0.337. The van der Waals surface area contributed by atoms with Crippen molar-refractivity contribution in [2.24, 2.45) is 0 Å². The Morgan fingerprint density at radius 2 is 1.84 bits per heavy atom. The van der Waals surface area contributed by atoms with Crippen LogP contribution in [0.15, 0.2) is 36.4 Å². The van der Waals surface area contributed by atoms with Crippen LogP contribution in [0.4, 0.5) is 0 Å². The van der Waals surface area contributed by atoms with Crippen molar-refractivity contribution in [2.75, 3.05) is 6.61 Å². The molecule has 0 radical (unpaired) electrons. The van der Waals surface area contributed by atoms with Crippen molar-refractivity contribution in [1.29, 1.82) is 0 Å². The van der Waals surface area contributed by atoms with Gasteiger partial charge in [0.2, 0.25) is 0 Å². The third-order valence-corrected chi connectivity index (χ3v) is 3.94. The van der Waals surface area contributed by atoms with Gasteiger partial charge in [0, 0.05) is 22.3 Å². The van der Waals surface area contributed by atoms with Crippen molar-refractivity contribution in [3.05, 3.63) is 51.7 Å². The first kappa shape index (κ1) is 14.1.